The summed E-state index contributed by atoms with van der Waals surface area (Å²) in [7, 11) is 1.57. The van der Waals surface area contributed by atoms with E-state index in [9.17, 15) is 4.79 Å². The third-order valence-electron chi connectivity index (χ3n) is 4.42. The summed E-state index contributed by atoms with van der Waals surface area (Å²) >= 11 is 6.02. The minimum absolute atomic E-state index is 0.0123. The van der Waals surface area contributed by atoms with Crippen molar-refractivity contribution in [1.29, 1.82) is 0 Å². The first-order valence-corrected chi connectivity index (χ1v) is 8.01. The molecule has 1 amide bonds. The average molecular weight is 325 g/mol. The van der Waals surface area contributed by atoms with Crippen LogP contribution >= 0.6 is 11.6 Å². The van der Waals surface area contributed by atoms with Gasteiger partial charge in [-0.25, -0.2) is 0 Å². The number of piperazine rings is 1. The van der Waals surface area contributed by atoms with Crippen molar-refractivity contribution in [2.24, 2.45) is 0 Å². The molecule has 0 N–H and O–H groups in total. The van der Waals surface area contributed by atoms with Gasteiger partial charge in [0.05, 0.1) is 19.3 Å². The van der Waals surface area contributed by atoms with E-state index in [-0.39, 0.29) is 5.91 Å². The van der Waals surface area contributed by atoms with Gasteiger partial charge in [-0.1, -0.05) is 11.6 Å². The molecule has 5 nitrogen and oxygen atoms in total. The van der Waals surface area contributed by atoms with Crippen LogP contribution in [0.3, 0.4) is 0 Å². The van der Waals surface area contributed by atoms with Gasteiger partial charge in [0, 0.05) is 43.9 Å². The Bertz CT molecular complexity index is 538. The largest absolute Gasteiger partial charge is 0.496 e. The third kappa shape index (κ3) is 3.21. The maximum absolute atomic E-state index is 12.7. The predicted octanol–water partition coefficient (Wildman–Crippen LogP) is 1.90. The van der Waals surface area contributed by atoms with Crippen molar-refractivity contribution in [2.45, 2.75) is 12.5 Å². The third-order valence-corrected chi connectivity index (χ3v) is 4.65. The number of methoxy groups -OCH3 is 1. The lowest BCUT2D eigenvalue weighted by Gasteiger charge is -2.37. The van der Waals surface area contributed by atoms with Crippen LogP contribution < -0.4 is 4.74 Å². The smallest absolute Gasteiger partial charge is 0.257 e. The normalized spacial score (nSPS) is 22.8. The summed E-state index contributed by atoms with van der Waals surface area (Å²) in [4.78, 5) is 17.0. The topological polar surface area (TPSA) is 42.0 Å². The van der Waals surface area contributed by atoms with Crippen LogP contribution in [0.25, 0.3) is 0 Å². The zero-order valence-electron chi connectivity index (χ0n) is 12.8. The lowest BCUT2D eigenvalue weighted by atomic mass is 10.1. The lowest BCUT2D eigenvalue weighted by Crippen LogP contribution is -2.52. The Hall–Kier alpha value is -1.30. The molecule has 0 spiro atoms. The fourth-order valence-electron chi connectivity index (χ4n) is 3.12. The molecule has 0 saturated carbocycles. The van der Waals surface area contributed by atoms with Gasteiger partial charge in [-0.3, -0.25) is 9.69 Å². The van der Waals surface area contributed by atoms with Crippen molar-refractivity contribution < 1.29 is 14.3 Å². The quantitative estimate of drug-likeness (QED) is 0.851. The van der Waals surface area contributed by atoms with Gasteiger partial charge in [-0.05, 0) is 24.6 Å². The Balaban J connectivity index is 1.65. The molecule has 6 heteroatoms. The Kier molecular flexibility index (Phi) is 4.86. The second kappa shape index (κ2) is 6.86. The Morgan fingerprint density at radius 3 is 2.73 bits per heavy atom. The predicted molar refractivity (Wildman–Crippen MR) is 84.7 cm³/mol. The number of rotatable bonds is 3. The molecule has 2 saturated heterocycles. The van der Waals surface area contributed by atoms with Crippen LogP contribution in [0, 0.1) is 0 Å². The minimum Gasteiger partial charge on any atom is -0.496 e. The zero-order chi connectivity index (χ0) is 15.5. The van der Waals surface area contributed by atoms with E-state index < -0.39 is 0 Å². The van der Waals surface area contributed by atoms with E-state index in [1.165, 1.54) is 0 Å². The van der Waals surface area contributed by atoms with Gasteiger partial charge in [-0.2, -0.15) is 0 Å². The highest BCUT2D eigenvalue weighted by atomic mass is 35.5. The van der Waals surface area contributed by atoms with Crippen LogP contribution in [-0.2, 0) is 4.74 Å². The summed E-state index contributed by atoms with van der Waals surface area (Å²) in [5, 5.41) is 0.547. The second-order valence-corrected chi connectivity index (χ2v) is 6.13. The van der Waals surface area contributed by atoms with Gasteiger partial charge in [-0.15, -0.1) is 0 Å². The van der Waals surface area contributed by atoms with Crippen LogP contribution in [0.15, 0.2) is 18.2 Å². The second-order valence-electron chi connectivity index (χ2n) is 5.69. The van der Waals surface area contributed by atoms with Crippen LogP contribution in [0.1, 0.15) is 16.8 Å². The summed E-state index contributed by atoms with van der Waals surface area (Å²) in [6, 6.07) is 5.66. The minimum atomic E-state index is -0.0123. The molecule has 0 aliphatic carbocycles. The van der Waals surface area contributed by atoms with Crippen LogP contribution in [-0.4, -0.2) is 68.3 Å². The Labute approximate surface area is 135 Å². The monoisotopic (exact) mass is 324 g/mol. The number of carbonyl (C=O) groups excluding carboxylic acids is 1. The van der Waals surface area contributed by atoms with Crippen LogP contribution in [0.2, 0.25) is 5.02 Å². The van der Waals surface area contributed by atoms with E-state index in [2.05, 4.69) is 4.90 Å². The van der Waals surface area contributed by atoms with Crippen LogP contribution in [0.5, 0.6) is 5.75 Å². The highest BCUT2D eigenvalue weighted by Gasteiger charge is 2.29. The molecule has 0 bridgehead atoms. The van der Waals surface area contributed by atoms with Gasteiger partial charge in [0.2, 0.25) is 0 Å². The van der Waals surface area contributed by atoms with E-state index >= 15 is 0 Å². The number of halogens is 1. The standard InChI is InChI=1S/C16H21ClN2O3/c1-21-15-3-2-12(17)10-14(15)16(20)19-7-5-18(6-8-19)13-4-9-22-11-13/h2-3,10,13H,4-9,11H2,1H3. The van der Waals surface area contributed by atoms with Gasteiger partial charge in [0.1, 0.15) is 5.75 Å². The number of hydrogen-bond acceptors (Lipinski definition) is 4. The van der Waals surface area contributed by atoms with Gasteiger partial charge in [0.25, 0.3) is 5.91 Å². The molecule has 1 atom stereocenters. The molecule has 2 heterocycles. The summed E-state index contributed by atoms with van der Waals surface area (Å²) < 4.78 is 10.7. The molecule has 3 rings (SSSR count). The molecular formula is C16H21ClN2O3. The average Bonchev–Trinajstić information content (AvgIpc) is 3.09. The molecule has 2 aliphatic rings. The highest BCUT2D eigenvalue weighted by molar-refractivity contribution is 6.31. The van der Waals surface area contributed by atoms with E-state index in [0.29, 0.717) is 22.4 Å². The first-order chi connectivity index (χ1) is 10.7. The zero-order valence-corrected chi connectivity index (χ0v) is 13.5. The number of benzene rings is 1. The van der Waals surface area contributed by atoms with E-state index in [4.69, 9.17) is 21.1 Å². The van der Waals surface area contributed by atoms with Crippen molar-refractivity contribution in [3.8, 4) is 5.75 Å². The SMILES string of the molecule is COc1ccc(Cl)cc1C(=O)N1CCN(C2CCOC2)CC1. The fourth-order valence-corrected chi connectivity index (χ4v) is 3.29. The molecule has 120 valence electrons. The molecule has 1 aromatic carbocycles. The Morgan fingerprint density at radius 2 is 2.09 bits per heavy atom. The first kappa shape index (κ1) is 15.6. The van der Waals surface area contributed by atoms with Gasteiger partial charge >= 0.3 is 0 Å². The fraction of sp³-hybridized carbons (Fsp3) is 0.562. The molecule has 0 radical (unpaired) electrons. The maximum Gasteiger partial charge on any atom is 0.257 e. The summed E-state index contributed by atoms with van der Waals surface area (Å²) in [5.41, 5.74) is 0.535. The van der Waals surface area contributed by atoms with Crippen molar-refractivity contribution in [3.63, 3.8) is 0 Å². The lowest BCUT2D eigenvalue weighted by molar-refractivity contribution is 0.0546. The molecular weight excluding hydrogens is 304 g/mol. The number of hydrogen-bond donors (Lipinski definition) is 0. The van der Waals surface area contributed by atoms with Gasteiger partial charge in [0.15, 0.2) is 0 Å². The summed E-state index contributed by atoms with van der Waals surface area (Å²) in [6.07, 6.45) is 1.09. The van der Waals surface area contributed by atoms with Gasteiger partial charge < -0.3 is 14.4 Å². The first-order valence-electron chi connectivity index (χ1n) is 7.63. The van der Waals surface area contributed by atoms with Crippen molar-refractivity contribution >= 4 is 17.5 Å². The number of nitrogens with zero attached hydrogens (tertiary/aromatic N) is 2. The molecule has 22 heavy (non-hydrogen) atoms. The molecule has 1 unspecified atom stereocenters. The molecule has 0 aromatic heterocycles. The highest BCUT2D eigenvalue weighted by Crippen LogP contribution is 2.25. The van der Waals surface area contributed by atoms with Crippen molar-refractivity contribution in [2.75, 3.05) is 46.5 Å². The number of amides is 1. The summed E-state index contributed by atoms with van der Waals surface area (Å²) in [5.74, 6) is 0.558. The number of carbonyl (C=O) groups is 1. The number of ether oxygens (including phenoxy) is 2. The van der Waals surface area contributed by atoms with Crippen molar-refractivity contribution in [1.82, 2.24) is 9.80 Å². The van der Waals surface area contributed by atoms with E-state index in [0.717, 1.165) is 45.8 Å². The molecule has 2 fully saturated rings. The molecule has 1 aromatic rings. The van der Waals surface area contributed by atoms with E-state index in [1.54, 1.807) is 25.3 Å². The Morgan fingerprint density at radius 1 is 1.32 bits per heavy atom. The molecule has 2 aliphatic heterocycles. The summed E-state index contributed by atoms with van der Waals surface area (Å²) in [6.45, 7) is 4.90. The van der Waals surface area contributed by atoms with E-state index in [1.807, 2.05) is 4.90 Å². The van der Waals surface area contributed by atoms with Crippen molar-refractivity contribution in [3.05, 3.63) is 28.8 Å². The maximum atomic E-state index is 12.7. The van der Waals surface area contributed by atoms with Crippen LogP contribution in [0.4, 0.5) is 0 Å².